The van der Waals surface area contributed by atoms with E-state index >= 15 is 0 Å². The third kappa shape index (κ3) is 3.43. The summed E-state index contributed by atoms with van der Waals surface area (Å²) in [4.78, 5) is 42.1. The van der Waals surface area contributed by atoms with Gasteiger partial charge in [-0.3, -0.25) is 23.7 Å². The van der Waals surface area contributed by atoms with E-state index in [2.05, 4.69) is 4.98 Å². The number of benzene rings is 1. The summed E-state index contributed by atoms with van der Waals surface area (Å²) in [5.74, 6) is -1.05. The minimum atomic E-state index is -1.05. The molecule has 1 atom stereocenters. The molecule has 3 heterocycles. The van der Waals surface area contributed by atoms with Crippen LogP contribution in [0, 0.1) is 6.92 Å². The Labute approximate surface area is 178 Å². The molecule has 0 saturated carbocycles. The summed E-state index contributed by atoms with van der Waals surface area (Å²) in [5, 5.41) is 10.7. The fourth-order valence-electron chi connectivity index (χ4n) is 4.35. The van der Waals surface area contributed by atoms with Gasteiger partial charge in [0.05, 0.1) is 36.1 Å². The lowest BCUT2D eigenvalue weighted by atomic mass is 10.1. The maximum Gasteiger partial charge on any atom is 0.332 e. The molecule has 0 fully saturated rings. The minimum Gasteiger partial charge on any atom is -0.481 e. The highest BCUT2D eigenvalue weighted by Crippen LogP contribution is 2.25. The van der Waals surface area contributed by atoms with E-state index in [4.69, 9.17) is 0 Å². The Morgan fingerprint density at radius 3 is 2.68 bits per heavy atom. The number of aryl methyl sites for hydroxylation is 2. The van der Waals surface area contributed by atoms with Crippen LogP contribution in [0.15, 0.2) is 52.4 Å². The number of rotatable bonds is 6. The molecule has 160 valence electrons. The van der Waals surface area contributed by atoms with Crippen molar-refractivity contribution in [3.8, 4) is 0 Å². The van der Waals surface area contributed by atoms with Crippen LogP contribution in [0.4, 0.5) is 0 Å². The molecule has 1 aromatic carbocycles. The maximum absolute atomic E-state index is 13.5. The van der Waals surface area contributed by atoms with Crippen LogP contribution in [0.2, 0.25) is 0 Å². The first-order chi connectivity index (χ1) is 14.8. The molecule has 3 aromatic heterocycles. The molecule has 31 heavy (non-hydrogen) atoms. The first-order valence-corrected chi connectivity index (χ1v) is 10.2. The molecule has 0 aliphatic carbocycles. The molecule has 4 rings (SSSR count). The van der Waals surface area contributed by atoms with Crippen LogP contribution in [-0.2, 0) is 18.4 Å². The second-order valence-corrected chi connectivity index (χ2v) is 7.83. The zero-order valence-electron chi connectivity index (χ0n) is 17.7. The molecular weight excluding hydrogens is 396 g/mol. The summed E-state index contributed by atoms with van der Waals surface area (Å²) in [6.45, 7) is 4.04. The van der Waals surface area contributed by atoms with Gasteiger partial charge < -0.3 is 9.67 Å². The number of carbonyl (C=O) groups is 1. The van der Waals surface area contributed by atoms with Crippen molar-refractivity contribution in [2.75, 3.05) is 0 Å². The number of fused-ring (bicyclic) bond motifs is 2. The quantitative estimate of drug-likeness (QED) is 0.517. The lowest BCUT2D eigenvalue weighted by Gasteiger charge is -2.19. The van der Waals surface area contributed by atoms with Crippen molar-refractivity contribution in [1.29, 1.82) is 0 Å². The average Bonchev–Trinajstić information content (AvgIpc) is 3.06. The van der Waals surface area contributed by atoms with Crippen LogP contribution >= 0.6 is 0 Å². The second kappa shape index (κ2) is 7.86. The SMILES string of the molecule is CC[C@@H](CC(=O)O)n1c(=O)c2ccncc2n(Cc2cn(C)c3cccc(C)c23)c1=O. The summed E-state index contributed by atoms with van der Waals surface area (Å²) in [7, 11) is 1.95. The van der Waals surface area contributed by atoms with Gasteiger partial charge in [0.15, 0.2) is 0 Å². The average molecular weight is 420 g/mol. The van der Waals surface area contributed by atoms with Gasteiger partial charge >= 0.3 is 11.7 Å². The van der Waals surface area contributed by atoms with E-state index < -0.39 is 23.3 Å². The summed E-state index contributed by atoms with van der Waals surface area (Å²) in [6.07, 6.45) is 5.05. The van der Waals surface area contributed by atoms with Crippen LogP contribution in [0.3, 0.4) is 0 Å². The van der Waals surface area contributed by atoms with Crippen molar-refractivity contribution in [1.82, 2.24) is 18.7 Å². The Bertz CT molecular complexity index is 1430. The van der Waals surface area contributed by atoms with Gasteiger partial charge in [-0.15, -0.1) is 0 Å². The monoisotopic (exact) mass is 420 g/mol. The molecule has 1 N–H and O–H groups in total. The Kier molecular flexibility index (Phi) is 5.22. The zero-order valence-corrected chi connectivity index (χ0v) is 17.7. The molecule has 0 unspecified atom stereocenters. The van der Waals surface area contributed by atoms with Gasteiger partial charge in [0.2, 0.25) is 0 Å². The van der Waals surface area contributed by atoms with E-state index in [0.717, 1.165) is 26.6 Å². The van der Waals surface area contributed by atoms with Gasteiger partial charge in [0.1, 0.15) is 0 Å². The van der Waals surface area contributed by atoms with Crippen molar-refractivity contribution in [2.45, 2.75) is 39.3 Å². The Hall–Kier alpha value is -3.68. The molecule has 8 nitrogen and oxygen atoms in total. The fourth-order valence-corrected chi connectivity index (χ4v) is 4.35. The Balaban J connectivity index is 2.00. The van der Waals surface area contributed by atoms with Gasteiger partial charge in [0.25, 0.3) is 5.56 Å². The first kappa shape index (κ1) is 20.6. The molecule has 0 spiro atoms. The number of hydrogen-bond donors (Lipinski definition) is 1. The van der Waals surface area contributed by atoms with Crippen molar-refractivity contribution in [3.63, 3.8) is 0 Å². The molecule has 0 aliphatic rings. The topological polar surface area (TPSA) is 99.1 Å². The second-order valence-electron chi connectivity index (χ2n) is 7.83. The normalized spacial score (nSPS) is 12.5. The zero-order chi connectivity index (χ0) is 22.3. The molecule has 0 amide bonds. The van der Waals surface area contributed by atoms with E-state index in [0.29, 0.717) is 17.3 Å². The summed E-state index contributed by atoms with van der Waals surface area (Å²) >= 11 is 0. The van der Waals surface area contributed by atoms with Gasteiger partial charge in [-0.2, -0.15) is 0 Å². The maximum atomic E-state index is 13.5. The molecule has 4 aromatic rings. The predicted octanol–water partition coefficient (Wildman–Crippen LogP) is 2.83. The highest BCUT2D eigenvalue weighted by atomic mass is 16.4. The number of nitrogens with zero attached hydrogens (tertiary/aromatic N) is 4. The standard InChI is InChI=1S/C23H24N4O4/c1-4-16(10-20(28)29)27-22(30)17-8-9-24-11-19(17)26(23(27)31)13-15-12-25(3)18-7-5-6-14(2)21(15)18/h5-9,11-12,16H,4,10,13H2,1-3H3,(H,28,29)/t16-/m0/s1. The van der Waals surface area contributed by atoms with Crippen molar-refractivity contribution in [2.24, 2.45) is 7.05 Å². The fraction of sp³-hybridized carbons (Fsp3) is 0.304. The minimum absolute atomic E-state index is 0.243. The van der Waals surface area contributed by atoms with Crippen LogP contribution < -0.4 is 11.2 Å². The lowest BCUT2D eigenvalue weighted by Crippen LogP contribution is -2.43. The van der Waals surface area contributed by atoms with Gasteiger partial charge in [0, 0.05) is 30.3 Å². The van der Waals surface area contributed by atoms with E-state index in [9.17, 15) is 19.5 Å². The Morgan fingerprint density at radius 1 is 1.19 bits per heavy atom. The molecule has 0 bridgehead atoms. The molecule has 0 aliphatic heterocycles. The number of aromatic nitrogens is 4. The van der Waals surface area contributed by atoms with Crippen LogP contribution in [0.25, 0.3) is 21.8 Å². The first-order valence-electron chi connectivity index (χ1n) is 10.2. The van der Waals surface area contributed by atoms with Crippen molar-refractivity contribution >= 4 is 27.8 Å². The molecule has 0 saturated heterocycles. The molecule has 8 heteroatoms. The number of aliphatic carboxylic acids is 1. The lowest BCUT2D eigenvalue weighted by molar-refractivity contribution is -0.138. The number of hydrogen-bond acceptors (Lipinski definition) is 4. The van der Waals surface area contributed by atoms with Crippen LogP contribution in [-0.4, -0.2) is 29.8 Å². The number of carboxylic acids is 1. The van der Waals surface area contributed by atoms with Gasteiger partial charge in [-0.25, -0.2) is 4.79 Å². The van der Waals surface area contributed by atoms with Crippen LogP contribution in [0.1, 0.15) is 36.9 Å². The molecular formula is C23H24N4O4. The summed E-state index contributed by atoms with van der Waals surface area (Å²) < 4.78 is 4.63. The third-order valence-corrected chi connectivity index (χ3v) is 5.85. The van der Waals surface area contributed by atoms with Crippen LogP contribution in [0.5, 0.6) is 0 Å². The van der Waals surface area contributed by atoms with Crippen molar-refractivity contribution < 1.29 is 9.90 Å². The van der Waals surface area contributed by atoms with E-state index in [-0.39, 0.29) is 13.0 Å². The van der Waals surface area contributed by atoms with E-state index in [1.807, 2.05) is 42.9 Å². The number of carboxylic acid groups (broad SMARTS) is 1. The van der Waals surface area contributed by atoms with Crippen molar-refractivity contribution in [3.05, 3.63) is 74.8 Å². The Morgan fingerprint density at radius 2 is 1.97 bits per heavy atom. The largest absolute Gasteiger partial charge is 0.481 e. The van der Waals surface area contributed by atoms with E-state index in [1.54, 1.807) is 13.0 Å². The highest BCUT2D eigenvalue weighted by molar-refractivity contribution is 5.87. The summed E-state index contributed by atoms with van der Waals surface area (Å²) in [5.41, 5.74) is 2.51. The van der Waals surface area contributed by atoms with Gasteiger partial charge in [-0.05, 0) is 36.6 Å². The predicted molar refractivity (Wildman–Crippen MR) is 119 cm³/mol. The molecule has 0 radical (unpaired) electrons. The highest BCUT2D eigenvalue weighted by Gasteiger charge is 2.22. The summed E-state index contributed by atoms with van der Waals surface area (Å²) in [6, 6.07) is 6.89. The smallest absolute Gasteiger partial charge is 0.332 e. The van der Waals surface area contributed by atoms with Gasteiger partial charge in [-0.1, -0.05) is 19.1 Å². The van der Waals surface area contributed by atoms with E-state index in [1.165, 1.54) is 17.0 Å². The number of pyridine rings is 1. The third-order valence-electron chi connectivity index (χ3n) is 5.85.